The predicted octanol–water partition coefficient (Wildman–Crippen LogP) is 1.42. The summed E-state index contributed by atoms with van der Waals surface area (Å²) in [4.78, 5) is 16.2. The van der Waals surface area contributed by atoms with Gasteiger partial charge in [0, 0.05) is 30.6 Å². The van der Waals surface area contributed by atoms with Crippen LogP contribution in [-0.4, -0.2) is 32.7 Å². The summed E-state index contributed by atoms with van der Waals surface area (Å²) in [6, 6.07) is 9.32. The molecule has 116 valence electrons. The van der Waals surface area contributed by atoms with Crippen LogP contribution in [0.2, 0.25) is 0 Å². The Bertz CT molecular complexity index is 753. The Morgan fingerprint density at radius 3 is 2.36 bits per heavy atom. The van der Waals surface area contributed by atoms with Crippen LogP contribution in [0.5, 0.6) is 5.88 Å². The van der Waals surface area contributed by atoms with Crippen LogP contribution in [0.4, 0.5) is 0 Å². The molecule has 0 aliphatic carbocycles. The van der Waals surface area contributed by atoms with Crippen LogP contribution in [0.15, 0.2) is 47.5 Å². The lowest BCUT2D eigenvalue weighted by atomic mass is 10.2. The average molecular weight is 320 g/mol. The van der Waals surface area contributed by atoms with Gasteiger partial charge in [-0.3, -0.25) is 4.79 Å². The van der Waals surface area contributed by atoms with E-state index in [2.05, 4.69) is 10.3 Å². The standard InChI is InChI=1S/C15H16N2O4S/c1-21-14-8-3-11(9-16-14)10-17-15(18)12-4-6-13(7-5-12)22(2,19)20/h3-9H,10H2,1-2H3,(H,17,18). The highest BCUT2D eigenvalue weighted by molar-refractivity contribution is 7.90. The summed E-state index contributed by atoms with van der Waals surface area (Å²) >= 11 is 0. The summed E-state index contributed by atoms with van der Waals surface area (Å²) in [6.45, 7) is 0.323. The first-order chi connectivity index (χ1) is 10.4. The zero-order chi connectivity index (χ0) is 16.2. The number of pyridine rings is 1. The van der Waals surface area contributed by atoms with Gasteiger partial charge in [-0.15, -0.1) is 0 Å². The molecule has 22 heavy (non-hydrogen) atoms. The van der Waals surface area contributed by atoms with E-state index in [4.69, 9.17) is 4.74 Å². The largest absolute Gasteiger partial charge is 0.481 e. The van der Waals surface area contributed by atoms with E-state index in [9.17, 15) is 13.2 Å². The van der Waals surface area contributed by atoms with E-state index in [0.717, 1.165) is 11.8 Å². The molecule has 2 rings (SSSR count). The highest BCUT2D eigenvalue weighted by Gasteiger charge is 2.09. The summed E-state index contributed by atoms with van der Waals surface area (Å²) in [5.74, 6) is 0.224. The van der Waals surface area contributed by atoms with Crippen molar-refractivity contribution in [1.29, 1.82) is 0 Å². The fraction of sp³-hybridized carbons (Fsp3) is 0.200. The number of ether oxygens (including phenoxy) is 1. The zero-order valence-electron chi connectivity index (χ0n) is 12.2. The number of hydrogen-bond donors (Lipinski definition) is 1. The van der Waals surface area contributed by atoms with Gasteiger partial charge in [0.2, 0.25) is 5.88 Å². The van der Waals surface area contributed by atoms with Gasteiger partial charge in [0.15, 0.2) is 9.84 Å². The number of nitrogens with zero attached hydrogens (tertiary/aromatic N) is 1. The van der Waals surface area contributed by atoms with Crippen LogP contribution >= 0.6 is 0 Å². The number of methoxy groups -OCH3 is 1. The number of nitrogens with one attached hydrogen (secondary N) is 1. The van der Waals surface area contributed by atoms with Crippen molar-refractivity contribution in [2.24, 2.45) is 0 Å². The van der Waals surface area contributed by atoms with E-state index < -0.39 is 9.84 Å². The number of carbonyl (C=O) groups is 1. The molecule has 0 spiro atoms. The molecule has 1 aromatic heterocycles. The SMILES string of the molecule is COc1ccc(CNC(=O)c2ccc(S(C)(=O)=O)cc2)cn1. The van der Waals surface area contributed by atoms with Crippen molar-refractivity contribution in [3.05, 3.63) is 53.7 Å². The van der Waals surface area contributed by atoms with Crippen molar-refractivity contribution in [2.75, 3.05) is 13.4 Å². The molecule has 0 aliphatic heterocycles. The first-order valence-electron chi connectivity index (χ1n) is 6.47. The fourth-order valence-corrected chi connectivity index (χ4v) is 2.40. The fourth-order valence-electron chi connectivity index (χ4n) is 1.77. The minimum Gasteiger partial charge on any atom is -0.481 e. The van der Waals surface area contributed by atoms with Crippen LogP contribution in [0.25, 0.3) is 0 Å². The van der Waals surface area contributed by atoms with Crippen molar-refractivity contribution in [2.45, 2.75) is 11.4 Å². The average Bonchev–Trinajstić information content (AvgIpc) is 2.52. The first kappa shape index (κ1) is 16.0. The third-order valence-corrected chi connectivity index (χ3v) is 4.13. The Labute approximate surface area is 129 Å². The number of aromatic nitrogens is 1. The Hall–Kier alpha value is -2.41. The molecule has 0 unspecified atom stereocenters. The lowest BCUT2D eigenvalue weighted by Crippen LogP contribution is -2.22. The number of amides is 1. The minimum atomic E-state index is -3.26. The Balaban J connectivity index is 1.99. The smallest absolute Gasteiger partial charge is 0.251 e. The van der Waals surface area contributed by atoms with Gasteiger partial charge < -0.3 is 10.1 Å². The molecule has 0 aliphatic rings. The first-order valence-corrected chi connectivity index (χ1v) is 8.36. The molecule has 7 heteroatoms. The second kappa shape index (κ2) is 6.57. The number of benzene rings is 1. The summed E-state index contributed by atoms with van der Waals surface area (Å²) in [7, 11) is -1.73. The molecule has 0 fully saturated rings. The molecule has 1 heterocycles. The highest BCUT2D eigenvalue weighted by atomic mass is 32.2. The summed E-state index contributed by atoms with van der Waals surface area (Å²) in [5, 5.41) is 2.74. The van der Waals surface area contributed by atoms with Crippen LogP contribution in [0.3, 0.4) is 0 Å². The van der Waals surface area contributed by atoms with Crippen LogP contribution in [-0.2, 0) is 16.4 Å². The van der Waals surface area contributed by atoms with Gasteiger partial charge in [0.05, 0.1) is 12.0 Å². The van der Waals surface area contributed by atoms with Gasteiger partial charge in [-0.25, -0.2) is 13.4 Å². The number of rotatable bonds is 5. The predicted molar refractivity (Wildman–Crippen MR) is 81.5 cm³/mol. The van der Waals surface area contributed by atoms with Gasteiger partial charge >= 0.3 is 0 Å². The van der Waals surface area contributed by atoms with Gasteiger partial charge in [0.25, 0.3) is 5.91 Å². The van der Waals surface area contributed by atoms with Crippen molar-refractivity contribution >= 4 is 15.7 Å². The third-order valence-electron chi connectivity index (χ3n) is 3.00. The topological polar surface area (TPSA) is 85.4 Å². The molecule has 6 nitrogen and oxygen atoms in total. The molecule has 1 aromatic carbocycles. The van der Waals surface area contributed by atoms with Crippen molar-refractivity contribution < 1.29 is 17.9 Å². The Kier molecular flexibility index (Phi) is 4.77. The quantitative estimate of drug-likeness (QED) is 0.900. The zero-order valence-corrected chi connectivity index (χ0v) is 13.1. The van der Waals surface area contributed by atoms with Crippen LogP contribution in [0.1, 0.15) is 15.9 Å². The van der Waals surface area contributed by atoms with Crippen LogP contribution < -0.4 is 10.1 Å². The van der Waals surface area contributed by atoms with E-state index in [0.29, 0.717) is 18.0 Å². The lowest BCUT2D eigenvalue weighted by molar-refractivity contribution is 0.0951. The van der Waals surface area contributed by atoms with E-state index in [1.165, 1.54) is 31.4 Å². The molecule has 2 aromatic rings. The maximum atomic E-state index is 12.0. The molecule has 1 N–H and O–H groups in total. The molecular weight excluding hydrogens is 304 g/mol. The van der Waals surface area contributed by atoms with E-state index >= 15 is 0 Å². The molecule has 0 radical (unpaired) electrons. The Morgan fingerprint density at radius 1 is 1.18 bits per heavy atom. The number of carbonyl (C=O) groups excluding carboxylic acids is 1. The molecule has 1 amide bonds. The second-order valence-corrected chi connectivity index (χ2v) is 6.70. The number of sulfone groups is 1. The van der Waals surface area contributed by atoms with Crippen molar-refractivity contribution in [3.8, 4) is 5.88 Å². The minimum absolute atomic E-state index is 0.184. The Morgan fingerprint density at radius 2 is 1.86 bits per heavy atom. The normalized spacial score (nSPS) is 11.0. The third kappa shape index (κ3) is 4.05. The molecule has 0 atom stereocenters. The van der Waals surface area contributed by atoms with Crippen molar-refractivity contribution in [3.63, 3.8) is 0 Å². The van der Waals surface area contributed by atoms with Crippen molar-refractivity contribution in [1.82, 2.24) is 10.3 Å². The molecule has 0 saturated carbocycles. The monoisotopic (exact) mass is 320 g/mol. The van der Waals surface area contributed by atoms with Gasteiger partial charge in [-0.05, 0) is 29.8 Å². The number of hydrogen-bond acceptors (Lipinski definition) is 5. The second-order valence-electron chi connectivity index (χ2n) is 4.69. The maximum Gasteiger partial charge on any atom is 0.251 e. The van der Waals surface area contributed by atoms with Crippen LogP contribution in [0, 0.1) is 0 Å². The molecule has 0 saturated heterocycles. The van der Waals surface area contributed by atoms with E-state index in [-0.39, 0.29) is 10.8 Å². The van der Waals surface area contributed by atoms with Gasteiger partial charge in [-0.2, -0.15) is 0 Å². The van der Waals surface area contributed by atoms with Gasteiger partial charge in [0.1, 0.15) is 0 Å². The maximum absolute atomic E-state index is 12.0. The van der Waals surface area contributed by atoms with E-state index in [1.54, 1.807) is 18.3 Å². The van der Waals surface area contributed by atoms with Gasteiger partial charge in [-0.1, -0.05) is 6.07 Å². The van der Waals surface area contributed by atoms with E-state index in [1.807, 2.05) is 0 Å². The summed E-state index contributed by atoms with van der Waals surface area (Å²) in [6.07, 6.45) is 2.74. The molecular formula is C15H16N2O4S. The highest BCUT2D eigenvalue weighted by Crippen LogP contribution is 2.11. The molecule has 0 bridgehead atoms. The summed E-state index contributed by atoms with van der Waals surface area (Å²) < 4.78 is 27.7. The lowest BCUT2D eigenvalue weighted by Gasteiger charge is -2.06. The summed E-state index contributed by atoms with van der Waals surface area (Å²) in [5.41, 5.74) is 1.23.